The van der Waals surface area contributed by atoms with Gasteiger partial charge in [-0.1, -0.05) is 41.5 Å². The van der Waals surface area contributed by atoms with Crippen molar-refractivity contribution in [3.8, 4) is 11.5 Å². The number of rotatable bonds is 2. The van der Waals surface area contributed by atoms with Gasteiger partial charge in [-0.3, -0.25) is 0 Å². The number of benzene rings is 2. The fraction of sp³-hybridized carbons (Fsp3) is 0.429. The standard InChI is InChI=1S/C21H26F2O2/c1-20(2,3)16-10-14(22)8-12(18(16)24)7-13-9-15(23)11-17(19(13)25)21(4,5)6/h8-11,24-25H,7H2,1-6H3. The zero-order chi connectivity index (χ0) is 19.2. The smallest absolute Gasteiger partial charge is 0.124 e. The summed E-state index contributed by atoms with van der Waals surface area (Å²) < 4.78 is 28.1. The number of halogens is 2. The van der Waals surface area contributed by atoms with Crippen molar-refractivity contribution < 1.29 is 19.0 Å². The topological polar surface area (TPSA) is 40.5 Å². The van der Waals surface area contributed by atoms with Crippen LogP contribution in [0.3, 0.4) is 0 Å². The summed E-state index contributed by atoms with van der Waals surface area (Å²) in [6.45, 7) is 11.3. The molecule has 4 heteroatoms. The van der Waals surface area contributed by atoms with Gasteiger partial charge in [-0.25, -0.2) is 8.78 Å². The molecule has 0 aliphatic heterocycles. The lowest BCUT2D eigenvalue weighted by Crippen LogP contribution is -2.14. The van der Waals surface area contributed by atoms with Gasteiger partial charge in [0.25, 0.3) is 0 Å². The van der Waals surface area contributed by atoms with E-state index < -0.39 is 22.5 Å². The van der Waals surface area contributed by atoms with Crippen molar-refractivity contribution >= 4 is 0 Å². The zero-order valence-corrected chi connectivity index (χ0v) is 15.7. The maximum atomic E-state index is 14.0. The molecule has 0 aliphatic rings. The lowest BCUT2D eigenvalue weighted by molar-refractivity contribution is 0.431. The van der Waals surface area contributed by atoms with E-state index in [0.29, 0.717) is 22.3 Å². The average Bonchev–Trinajstić information content (AvgIpc) is 2.43. The molecule has 136 valence electrons. The predicted octanol–water partition coefficient (Wildman–Crippen LogP) is 5.56. The summed E-state index contributed by atoms with van der Waals surface area (Å²) in [6.07, 6.45) is 0.0410. The Bertz CT molecular complexity index is 730. The van der Waals surface area contributed by atoms with E-state index in [9.17, 15) is 19.0 Å². The van der Waals surface area contributed by atoms with Crippen molar-refractivity contribution in [3.05, 3.63) is 58.2 Å². The van der Waals surface area contributed by atoms with Gasteiger partial charge in [0.1, 0.15) is 23.1 Å². The second-order valence-corrected chi connectivity index (χ2v) is 8.60. The van der Waals surface area contributed by atoms with Crippen LogP contribution < -0.4 is 0 Å². The third-order valence-electron chi connectivity index (χ3n) is 4.30. The second kappa shape index (κ2) is 6.32. The molecule has 2 aromatic carbocycles. The molecule has 25 heavy (non-hydrogen) atoms. The summed E-state index contributed by atoms with van der Waals surface area (Å²) in [4.78, 5) is 0. The van der Waals surface area contributed by atoms with E-state index in [-0.39, 0.29) is 17.9 Å². The Labute approximate surface area is 148 Å². The Hall–Kier alpha value is -2.10. The van der Waals surface area contributed by atoms with Gasteiger partial charge in [0, 0.05) is 28.7 Å². The van der Waals surface area contributed by atoms with Crippen molar-refractivity contribution in [2.75, 3.05) is 0 Å². The molecule has 0 radical (unpaired) electrons. The third-order valence-corrected chi connectivity index (χ3v) is 4.30. The first-order chi connectivity index (χ1) is 11.3. The van der Waals surface area contributed by atoms with Crippen molar-refractivity contribution in [3.63, 3.8) is 0 Å². The first kappa shape index (κ1) is 19.2. The molecule has 2 N–H and O–H groups in total. The Kier molecular flexibility index (Phi) is 4.86. The van der Waals surface area contributed by atoms with Crippen molar-refractivity contribution in [1.82, 2.24) is 0 Å². The summed E-state index contributed by atoms with van der Waals surface area (Å²) in [5, 5.41) is 21.1. The highest BCUT2D eigenvalue weighted by Gasteiger charge is 2.24. The van der Waals surface area contributed by atoms with Crippen LogP contribution in [0, 0.1) is 11.6 Å². The lowest BCUT2D eigenvalue weighted by Gasteiger charge is -2.24. The van der Waals surface area contributed by atoms with Gasteiger partial charge in [0.05, 0.1) is 0 Å². The minimum absolute atomic E-state index is 0.0186. The summed E-state index contributed by atoms with van der Waals surface area (Å²) >= 11 is 0. The minimum atomic E-state index is -0.468. The highest BCUT2D eigenvalue weighted by atomic mass is 19.1. The molecular weight excluding hydrogens is 322 g/mol. The Morgan fingerprint density at radius 3 is 1.28 bits per heavy atom. The van der Waals surface area contributed by atoms with Gasteiger partial charge in [0.2, 0.25) is 0 Å². The van der Waals surface area contributed by atoms with Crippen LogP contribution in [-0.2, 0) is 17.3 Å². The molecule has 0 unspecified atom stereocenters. The number of hydrogen-bond donors (Lipinski definition) is 2. The Morgan fingerprint density at radius 2 is 1.00 bits per heavy atom. The molecule has 0 fully saturated rings. The van der Waals surface area contributed by atoms with Crippen molar-refractivity contribution in [2.24, 2.45) is 0 Å². The number of phenolic OH excluding ortho intramolecular Hbond substituents is 2. The minimum Gasteiger partial charge on any atom is -0.507 e. The molecule has 0 aromatic heterocycles. The number of aromatic hydroxyl groups is 2. The van der Waals surface area contributed by atoms with Crippen molar-refractivity contribution in [1.29, 1.82) is 0 Å². The van der Waals surface area contributed by atoms with Gasteiger partial charge in [0.15, 0.2) is 0 Å². The molecule has 0 atom stereocenters. The van der Waals surface area contributed by atoms with Crippen LogP contribution in [-0.4, -0.2) is 10.2 Å². The predicted molar refractivity (Wildman–Crippen MR) is 96.3 cm³/mol. The third kappa shape index (κ3) is 4.12. The van der Waals surface area contributed by atoms with Crippen LogP contribution in [0.2, 0.25) is 0 Å². The van der Waals surface area contributed by atoms with Crippen molar-refractivity contribution in [2.45, 2.75) is 58.8 Å². The average molecular weight is 348 g/mol. The van der Waals surface area contributed by atoms with E-state index in [4.69, 9.17) is 0 Å². The summed E-state index contributed by atoms with van der Waals surface area (Å²) in [6, 6.07) is 5.08. The van der Waals surface area contributed by atoms with Gasteiger partial charge in [-0.05, 0) is 35.1 Å². The van der Waals surface area contributed by atoms with Crippen LogP contribution in [0.4, 0.5) is 8.78 Å². The Morgan fingerprint density at radius 1 is 0.680 bits per heavy atom. The largest absolute Gasteiger partial charge is 0.507 e. The summed E-state index contributed by atoms with van der Waals surface area (Å²) in [5.41, 5.74) is 0.725. The number of hydrogen-bond acceptors (Lipinski definition) is 2. The lowest BCUT2D eigenvalue weighted by atomic mass is 9.82. The first-order valence-corrected chi connectivity index (χ1v) is 8.34. The van der Waals surface area contributed by atoms with Gasteiger partial charge in [-0.15, -0.1) is 0 Å². The zero-order valence-electron chi connectivity index (χ0n) is 15.7. The number of phenols is 2. The summed E-state index contributed by atoms with van der Waals surface area (Å²) in [7, 11) is 0. The van der Waals surface area contributed by atoms with E-state index in [2.05, 4.69) is 0 Å². The summed E-state index contributed by atoms with van der Waals surface area (Å²) in [5.74, 6) is -0.973. The molecule has 0 aliphatic carbocycles. The van der Waals surface area contributed by atoms with Crippen LogP contribution in [0.5, 0.6) is 11.5 Å². The highest BCUT2D eigenvalue weighted by molar-refractivity contribution is 5.51. The first-order valence-electron chi connectivity index (χ1n) is 8.34. The maximum absolute atomic E-state index is 14.0. The highest BCUT2D eigenvalue weighted by Crippen LogP contribution is 2.39. The Balaban J connectivity index is 2.58. The molecule has 0 saturated carbocycles. The quantitative estimate of drug-likeness (QED) is 0.746. The molecule has 0 heterocycles. The fourth-order valence-electron chi connectivity index (χ4n) is 2.93. The molecule has 0 bridgehead atoms. The SMILES string of the molecule is CC(C)(C)c1cc(F)cc(Cc2cc(F)cc(C(C)(C)C)c2O)c1O. The molecule has 2 rings (SSSR count). The molecular formula is C21H26F2O2. The van der Waals surface area contributed by atoms with Gasteiger partial charge < -0.3 is 10.2 Å². The van der Waals surface area contributed by atoms with Gasteiger partial charge >= 0.3 is 0 Å². The van der Waals surface area contributed by atoms with Crippen LogP contribution in [0.1, 0.15) is 63.8 Å². The van der Waals surface area contributed by atoms with E-state index in [0.717, 1.165) is 0 Å². The normalized spacial score (nSPS) is 12.5. The van der Waals surface area contributed by atoms with Crippen LogP contribution in [0.25, 0.3) is 0 Å². The molecule has 2 nitrogen and oxygen atoms in total. The fourth-order valence-corrected chi connectivity index (χ4v) is 2.93. The van der Waals surface area contributed by atoms with E-state index in [1.807, 2.05) is 41.5 Å². The van der Waals surface area contributed by atoms with E-state index in [1.165, 1.54) is 24.3 Å². The monoisotopic (exact) mass is 348 g/mol. The van der Waals surface area contributed by atoms with E-state index in [1.54, 1.807) is 0 Å². The molecule has 0 saturated heterocycles. The molecule has 0 amide bonds. The second-order valence-electron chi connectivity index (χ2n) is 8.60. The van der Waals surface area contributed by atoms with E-state index >= 15 is 0 Å². The van der Waals surface area contributed by atoms with Crippen LogP contribution >= 0.6 is 0 Å². The maximum Gasteiger partial charge on any atom is 0.124 e. The van der Waals surface area contributed by atoms with Crippen LogP contribution in [0.15, 0.2) is 24.3 Å². The van der Waals surface area contributed by atoms with Gasteiger partial charge in [-0.2, -0.15) is 0 Å². The molecule has 0 spiro atoms. The molecule has 2 aromatic rings.